The van der Waals surface area contributed by atoms with Crippen molar-refractivity contribution < 1.29 is 14.6 Å². The average Bonchev–Trinajstić information content (AvgIpc) is 3.07. The molecule has 5 heteroatoms. The molecular weight excluding hydrogens is 352 g/mol. The summed E-state index contributed by atoms with van der Waals surface area (Å²) in [5.41, 5.74) is 1.46. The van der Waals surface area contributed by atoms with Crippen molar-refractivity contribution in [3.05, 3.63) is 60.2 Å². The van der Waals surface area contributed by atoms with Gasteiger partial charge in [0.1, 0.15) is 12.4 Å². The molecule has 0 aromatic heterocycles. The monoisotopic (exact) mass is 380 g/mol. The zero-order valence-electron chi connectivity index (χ0n) is 16.2. The number of nitrogens with zero attached hydrogens (tertiary/aromatic N) is 2. The standard InChI is InChI=1S/C23H28N2O3/c26-22(25-15-11-19-7-4-5-10-21(19)25)17-24-14-6-12-23(27,13-16-24)18-28-20-8-2-1-3-9-20/h1-5,7-10,27H,6,11-18H2. The van der Waals surface area contributed by atoms with Crippen LogP contribution in [0.2, 0.25) is 0 Å². The van der Waals surface area contributed by atoms with E-state index in [1.165, 1.54) is 5.56 Å². The van der Waals surface area contributed by atoms with Crippen LogP contribution in [0.1, 0.15) is 24.8 Å². The molecule has 1 saturated heterocycles. The highest BCUT2D eigenvalue weighted by Gasteiger charge is 2.32. The van der Waals surface area contributed by atoms with Crippen LogP contribution >= 0.6 is 0 Å². The van der Waals surface area contributed by atoms with Crippen molar-refractivity contribution in [1.82, 2.24) is 4.90 Å². The minimum Gasteiger partial charge on any atom is -0.491 e. The van der Waals surface area contributed by atoms with E-state index in [4.69, 9.17) is 4.74 Å². The molecule has 2 aromatic carbocycles. The van der Waals surface area contributed by atoms with Crippen LogP contribution in [0.15, 0.2) is 54.6 Å². The third kappa shape index (κ3) is 4.37. The predicted octanol–water partition coefficient (Wildman–Crippen LogP) is 2.87. The van der Waals surface area contributed by atoms with E-state index in [-0.39, 0.29) is 12.5 Å². The van der Waals surface area contributed by atoms with Gasteiger partial charge in [0.05, 0.1) is 12.1 Å². The molecule has 148 valence electrons. The number of likely N-dealkylation sites (tertiary alicyclic amines) is 1. The second-order valence-electron chi connectivity index (χ2n) is 7.88. The summed E-state index contributed by atoms with van der Waals surface area (Å²) in [6, 6.07) is 17.7. The fraction of sp³-hybridized carbons (Fsp3) is 0.435. The molecule has 1 amide bonds. The van der Waals surface area contributed by atoms with Crippen LogP contribution in [-0.4, -0.2) is 54.3 Å². The number of anilines is 1. The molecule has 2 heterocycles. The molecule has 5 nitrogen and oxygen atoms in total. The number of fused-ring (bicyclic) bond motifs is 1. The molecule has 2 aromatic rings. The van der Waals surface area contributed by atoms with E-state index in [1.54, 1.807) is 0 Å². The topological polar surface area (TPSA) is 53.0 Å². The van der Waals surface area contributed by atoms with Gasteiger partial charge in [0, 0.05) is 18.8 Å². The van der Waals surface area contributed by atoms with E-state index in [1.807, 2.05) is 53.4 Å². The Morgan fingerprint density at radius 1 is 1.00 bits per heavy atom. The Labute approximate surface area is 166 Å². The summed E-state index contributed by atoms with van der Waals surface area (Å²) in [5.74, 6) is 0.927. The van der Waals surface area contributed by atoms with Gasteiger partial charge in [-0.3, -0.25) is 9.69 Å². The van der Waals surface area contributed by atoms with E-state index in [0.717, 1.165) is 37.4 Å². The molecule has 1 N–H and O–H groups in total. The number of carbonyl (C=O) groups is 1. The van der Waals surface area contributed by atoms with Crippen molar-refractivity contribution in [3.8, 4) is 5.75 Å². The number of ether oxygens (including phenoxy) is 1. The summed E-state index contributed by atoms with van der Waals surface area (Å²) in [4.78, 5) is 16.9. The van der Waals surface area contributed by atoms with E-state index < -0.39 is 5.60 Å². The summed E-state index contributed by atoms with van der Waals surface area (Å²) in [5, 5.41) is 11.0. The molecule has 4 rings (SSSR count). The number of carbonyl (C=O) groups excluding carboxylic acids is 1. The fourth-order valence-corrected chi connectivity index (χ4v) is 4.15. The number of para-hydroxylation sites is 2. The van der Waals surface area contributed by atoms with Crippen LogP contribution in [0.4, 0.5) is 5.69 Å². The third-order valence-corrected chi connectivity index (χ3v) is 5.81. The maximum Gasteiger partial charge on any atom is 0.241 e. The minimum absolute atomic E-state index is 0.149. The quantitative estimate of drug-likeness (QED) is 0.867. The molecule has 0 bridgehead atoms. The summed E-state index contributed by atoms with van der Waals surface area (Å²) < 4.78 is 5.80. The molecule has 0 spiro atoms. The van der Waals surface area contributed by atoms with Crippen molar-refractivity contribution in [2.45, 2.75) is 31.3 Å². The van der Waals surface area contributed by atoms with Gasteiger partial charge in [-0.2, -0.15) is 0 Å². The average molecular weight is 380 g/mol. The molecule has 0 radical (unpaired) electrons. The third-order valence-electron chi connectivity index (χ3n) is 5.81. The van der Waals surface area contributed by atoms with Gasteiger partial charge in [-0.05, 0) is 56.0 Å². The SMILES string of the molecule is O=C(CN1CCCC(O)(COc2ccccc2)CC1)N1CCc2ccccc21. The Morgan fingerprint density at radius 3 is 2.64 bits per heavy atom. The van der Waals surface area contributed by atoms with Crippen molar-refractivity contribution in [1.29, 1.82) is 0 Å². The normalized spacial score (nSPS) is 22.5. The number of rotatable bonds is 5. The first-order chi connectivity index (χ1) is 13.6. The molecule has 2 aliphatic rings. The maximum atomic E-state index is 12.9. The van der Waals surface area contributed by atoms with Gasteiger partial charge in [0.25, 0.3) is 0 Å². The smallest absolute Gasteiger partial charge is 0.241 e. The van der Waals surface area contributed by atoms with E-state index in [9.17, 15) is 9.90 Å². The molecule has 28 heavy (non-hydrogen) atoms. The predicted molar refractivity (Wildman–Crippen MR) is 110 cm³/mol. The van der Waals surface area contributed by atoms with Gasteiger partial charge < -0.3 is 14.7 Å². The fourth-order valence-electron chi connectivity index (χ4n) is 4.15. The first-order valence-electron chi connectivity index (χ1n) is 10.1. The Bertz CT molecular complexity index is 811. The zero-order valence-corrected chi connectivity index (χ0v) is 16.2. The van der Waals surface area contributed by atoms with Gasteiger partial charge in [-0.25, -0.2) is 0 Å². The van der Waals surface area contributed by atoms with E-state index >= 15 is 0 Å². The Hall–Kier alpha value is -2.37. The first-order valence-corrected chi connectivity index (χ1v) is 10.1. The van der Waals surface area contributed by atoms with Gasteiger partial charge >= 0.3 is 0 Å². The lowest BCUT2D eigenvalue weighted by Crippen LogP contribution is -2.41. The van der Waals surface area contributed by atoms with E-state index in [2.05, 4.69) is 11.0 Å². The van der Waals surface area contributed by atoms with Crippen molar-refractivity contribution in [2.24, 2.45) is 0 Å². The number of hydrogen-bond acceptors (Lipinski definition) is 4. The lowest BCUT2D eigenvalue weighted by molar-refractivity contribution is -0.119. The second kappa shape index (κ2) is 8.33. The molecule has 0 saturated carbocycles. The van der Waals surface area contributed by atoms with Crippen LogP contribution in [0.25, 0.3) is 0 Å². The number of hydrogen-bond donors (Lipinski definition) is 1. The van der Waals surface area contributed by atoms with Gasteiger partial charge in [0.2, 0.25) is 5.91 Å². The summed E-state index contributed by atoms with van der Waals surface area (Å²) in [6.45, 7) is 2.99. The summed E-state index contributed by atoms with van der Waals surface area (Å²) in [7, 11) is 0. The van der Waals surface area contributed by atoms with Gasteiger partial charge in [-0.15, -0.1) is 0 Å². The molecule has 0 aliphatic carbocycles. The number of amides is 1. The number of benzene rings is 2. The van der Waals surface area contributed by atoms with Gasteiger partial charge in [-0.1, -0.05) is 36.4 Å². The first kappa shape index (κ1) is 19.0. The lowest BCUT2D eigenvalue weighted by atomic mass is 9.96. The van der Waals surface area contributed by atoms with Crippen molar-refractivity contribution in [3.63, 3.8) is 0 Å². The van der Waals surface area contributed by atoms with Crippen LogP contribution in [0, 0.1) is 0 Å². The Morgan fingerprint density at radius 2 is 1.79 bits per heavy atom. The highest BCUT2D eigenvalue weighted by atomic mass is 16.5. The molecular formula is C23H28N2O3. The minimum atomic E-state index is -0.839. The zero-order chi connectivity index (χ0) is 19.4. The van der Waals surface area contributed by atoms with Gasteiger partial charge in [0.15, 0.2) is 0 Å². The molecule has 1 unspecified atom stereocenters. The Balaban J connectivity index is 1.31. The lowest BCUT2D eigenvalue weighted by Gasteiger charge is -2.27. The molecule has 1 fully saturated rings. The second-order valence-corrected chi connectivity index (χ2v) is 7.88. The summed E-state index contributed by atoms with van der Waals surface area (Å²) >= 11 is 0. The maximum absolute atomic E-state index is 12.9. The number of aliphatic hydroxyl groups is 1. The summed E-state index contributed by atoms with van der Waals surface area (Å²) in [6.07, 6.45) is 3.10. The Kier molecular flexibility index (Phi) is 5.64. The van der Waals surface area contributed by atoms with Crippen LogP contribution < -0.4 is 9.64 Å². The van der Waals surface area contributed by atoms with Crippen molar-refractivity contribution in [2.75, 3.05) is 37.7 Å². The molecule has 2 aliphatic heterocycles. The van der Waals surface area contributed by atoms with Crippen molar-refractivity contribution >= 4 is 11.6 Å². The molecule has 1 atom stereocenters. The van der Waals surface area contributed by atoms with Crippen LogP contribution in [0.5, 0.6) is 5.75 Å². The van der Waals surface area contributed by atoms with E-state index in [0.29, 0.717) is 25.9 Å². The highest BCUT2D eigenvalue weighted by molar-refractivity contribution is 5.96. The van der Waals surface area contributed by atoms with Crippen LogP contribution in [0.3, 0.4) is 0 Å². The largest absolute Gasteiger partial charge is 0.491 e. The van der Waals surface area contributed by atoms with Crippen LogP contribution in [-0.2, 0) is 11.2 Å². The highest BCUT2D eigenvalue weighted by Crippen LogP contribution is 2.28.